The summed E-state index contributed by atoms with van der Waals surface area (Å²) >= 11 is 0. The quantitative estimate of drug-likeness (QED) is 0.627. The zero-order valence-corrected chi connectivity index (χ0v) is 11.0. The number of anilines is 1. The third-order valence-electron chi connectivity index (χ3n) is 3.51. The van der Waals surface area contributed by atoms with Crippen molar-refractivity contribution in [3.05, 3.63) is 34.4 Å². The van der Waals surface area contributed by atoms with Crippen molar-refractivity contribution in [2.45, 2.75) is 32.1 Å². The summed E-state index contributed by atoms with van der Waals surface area (Å²) in [6.45, 7) is -2.78. The van der Waals surface area contributed by atoms with Crippen LogP contribution in [0.15, 0.2) is 23.0 Å². The molecule has 0 radical (unpaired) electrons. The lowest BCUT2D eigenvalue weighted by molar-refractivity contribution is -0.132. The van der Waals surface area contributed by atoms with Crippen LogP contribution in [0.4, 0.5) is 5.69 Å². The van der Waals surface area contributed by atoms with Crippen molar-refractivity contribution in [3.8, 4) is 0 Å². The summed E-state index contributed by atoms with van der Waals surface area (Å²) in [7, 11) is 0. The molecule has 1 saturated carbocycles. The molecule has 0 spiro atoms. The number of Topliss-reactive ketones (excluding diaryl/α,β-unsaturated/α-hetero) is 2. The van der Waals surface area contributed by atoms with Gasteiger partial charge in [0.1, 0.15) is 11.6 Å². The molecule has 1 aliphatic carbocycles. The molecule has 1 aromatic carbocycles. The molecule has 2 atom stereocenters. The molecule has 1 heterocycles. The number of carbonyl (C=O) groups is 2. The minimum Gasteiger partial charge on any atom is -0.398 e. The highest BCUT2D eigenvalue weighted by Gasteiger charge is 2.30. The molecule has 0 bridgehead atoms. The van der Waals surface area contributed by atoms with E-state index in [2.05, 4.69) is 4.98 Å². The zero-order chi connectivity index (χ0) is 18.5. The number of fused-ring (bicyclic) bond motifs is 1. The van der Waals surface area contributed by atoms with Gasteiger partial charge in [-0.1, -0.05) is 6.07 Å². The van der Waals surface area contributed by atoms with Gasteiger partial charge in [0.2, 0.25) is 0 Å². The molecule has 0 amide bonds. The minimum atomic E-state index is -2.78. The number of nitrogens with zero attached hydrogens (tertiary/aromatic N) is 2. The van der Waals surface area contributed by atoms with E-state index in [1.807, 2.05) is 0 Å². The Morgan fingerprint density at radius 1 is 1.43 bits per heavy atom. The van der Waals surface area contributed by atoms with Crippen LogP contribution < -0.4 is 11.3 Å². The predicted molar refractivity (Wildman–Crippen MR) is 78.1 cm³/mol. The minimum absolute atomic E-state index is 0.00704. The van der Waals surface area contributed by atoms with Gasteiger partial charge in [-0.05, 0) is 25.4 Å². The van der Waals surface area contributed by atoms with Crippen LogP contribution in [0.3, 0.4) is 0 Å². The fraction of sp³-hybridized carbons (Fsp3) is 0.333. The summed E-state index contributed by atoms with van der Waals surface area (Å²) in [4.78, 5) is 40.8. The summed E-state index contributed by atoms with van der Waals surface area (Å²) in [5.74, 6) is -1.65. The lowest BCUT2D eigenvalue weighted by Gasteiger charge is -2.24. The number of benzene rings is 1. The van der Waals surface area contributed by atoms with Crippen LogP contribution in [0.25, 0.3) is 10.9 Å². The maximum absolute atomic E-state index is 13.0. The van der Waals surface area contributed by atoms with Crippen LogP contribution in [-0.2, 0) is 9.59 Å². The second-order valence-electron chi connectivity index (χ2n) is 4.92. The summed E-state index contributed by atoms with van der Waals surface area (Å²) in [5.41, 5.74) is 5.24. The Morgan fingerprint density at radius 2 is 2.24 bits per heavy atom. The maximum Gasteiger partial charge on any atom is 0.264 e. The summed E-state index contributed by atoms with van der Waals surface area (Å²) in [6.07, 6.45) is -1.92. The molecule has 1 fully saturated rings. The maximum atomic E-state index is 13.0. The van der Waals surface area contributed by atoms with E-state index >= 15 is 0 Å². The molecule has 1 aromatic heterocycles. The van der Waals surface area contributed by atoms with Gasteiger partial charge in [0.25, 0.3) is 5.56 Å². The highest BCUT2D eigenvalue weighted by molar-refractivity contribution is 6.03. The van der Waals surface area contributed by atoms with E-state index in [0.717, 1.165) is 4.57 Å². The molecular weight excluding hydrogens is 270 g/mol. The van der Waals surface area contributed by atoms with Crippen LogP contribution in [-0.4, -0.2) is 21.1 Å². The van der Waals surface area contributed by atoms with E-state index in [9.17, 15) is 14.4 Å². The number of carbonyl (C=O) groups excluding carboxylic acids is 2. The normalized spacial score (nSPS) is 26.1. The van der Waals surface area contributed by atoms with Crippen LogP contribution in [0, 0.1) is 6.85 Å². The van der Waals surface area contributed by atoms with E-state index in [0.29, 0.717) is 0 Å². The Morgan fingerprint density at radius 3 is 2.95 bits per heavy atom. The van der Waals surface area contributed by atoms with Gasteiger partial charge in [-0.3, -0.25) is 19.0 Å². The average molecular weight is 289 g/mol. The third-order valence-corrected chi connectivity index (χ3v) is 3.51. The van der Waals surface area contributed by atoms with Gasteiger partial charge >= 0.3 is 0 Å². The Bertz CT molecular complexity index is 951. The molecule has 1 aliphatic rings. The van der Waals surface area contributed by atoms with Gasteiger partial charge in [0, 0.05) is 17.6 Å². The fourth-order valence-electron chi connectivity index (χ4n) is 2.52. The van der Waals surface area contributed by atoms with Crippen molar-refractivity contribution < 1.29 is 15.1 Å². The van der Waals surface area contributed by atoms with Gasteiger partial charge in [0.05, 0.1) is 23.4 Å². The van der Waals surface area contributed by atoms with Gasteiger partial charge < -0.3 is 5.73 Å². The molecule has 6 nitrogen and oxygen atoms in total. The lowest BCUT2D eigenvalue weighted by Crippen LogP contribution is -2.36. The van der Waals surface area contributed by atoms with E-state index in [-0.39, 0.29) is 23.0 Å². The number of rotatable bonds is 1. The van der Waals surface area contributed by atoms with Crippen LogP contribution in [0.5, 0.6) is 0 Å². The summed E-state index contributed by atoms with van der Waals surface area (Å²) < 4.78 is 31.8. The zero-order valence-electron chi connectivity index (χ0n) is 15.0. The van der Waals surface area contributed by atoms with E-state index in [4.69, 9.17) is 11.2 Å². The van der Waals surface area contributed by atoms with Gasteiger partial charge in [-0.2, -0.15) is 0 Å². The monoisotopic (exact) mass is 289 g/mol. The fourth-order valence-corrected chi connectivity index (χ4v) is 2.52. The van der Waals surface area contributed by atoms with Crippen LogP contribution >= 0.6 is 0 Å². The highest BCUT2D eigenvalue weighted by atomic mass is 16.2. The standard InChI is InChI=1S/C15H15N3O3/c1-8-17-11-4-2-3-10(16)14(11)15(21)18(8)12-6-5-9(19)7-13(12)20/h2-4,12H,5-7,16H2,1H3/i1D3,6D. The average Bonchev–Trinajstić information content (AvgIpc) is 2.47. The molecule has 2 N–H and O–H groups in total. The van der Waals surface area contributed by atoms with Gasteiger partial charge in [0.15, 0.2) is 5.78 Å². The first-order valence-corrected chi connectivity index (χ1v) is 6.39. The largest absolute Gasteiger partial charge is 0.398 e. The van der Waals surface area contributed by atoms with Crippen LogP contribution in [0.1, 0.15) is 36.6 Å². The summed E-state index contributed by atoms with van der Waals surface area (Å²) in [5, 5.41) is -0.00704. The topological polar surface area (TPSA) is 95.1 Å². The van der Waals surface area contributed by atoms with Crippen molar-refractivity contribution in [3.63, 3.8) is 0 Å². The summed E-state index contributed by atoms with van der Waals surface area (Å²) in [6, 6.07) is 3.08. The molecule has 2 unspecified atom stereocenters. The first-order valence-electron chi connectivity index (χ1n) is 8.47. The molecule has 6 heteroatoms. The Kier molecular flexibility index (Phi) is 2.16. The second-order valence-corrected chi connectivity index (χ2v) is 4.92. The van der Waals surface area contributed by atoms with E-state index in [1.165, 1.54) is 18.2 Å². The van der Waals surface area contributed by atoms with E-state index < -0.39 is 48.7 Å². The Hall–Kier alpha value is -2.50. The Labute approximate surface area is 126 Å². The number of hydrogen-bond acceptors (Lipinski definition) is 5. The predicted octanol–water partition coefficient (Wildman–Crippen LogP) is 1.15. The number of hydrogen-bond donors (Lipinski definition) is 1. The molecule has 2 aromatic rings. The van der Waals surface area contributed by atoms with Gasteiger partial charge in [-0.15, -0.1) is 0 Å². The van der Waals surface area contributed by atoms with Crippen molar-refractivity contribution in [1.29, 1.82) is 0 Å². The molecule has 21 heavy (non-hydrogen) atoms. The lowest BCUT2D eigenvalue weighted by atomic mass is 9.92. The van der Waals surface area contributed by atoms with Crippen molar-refractivity contribution in [2.75, 3.05) is 5.73 Å². The van der Waals surface area contributed by atoms with Crippen molar-refractivity contribution in [1.82, 2.24) is 9.55 Å². The SMILES string of the molecule is [2H]C1CC(=O)CC(=O)C1n1c(C([2H])([2H])[2H])nc2cccc(N)c2c1=O. The number of aromatic nitrogens is 2. The van der Waals surface area contributed by atoms with Gasteiger partial charge in [-0.25, -0.2) is 4.98 Å². The highest BCUT2D eigenvalue weighted by Crippen LogP contribution is 2.24. The Balaban J connectivity index is 2.38. The second kappa shape index (κ2) is 4.80. The molecule has 108 valence electrons. The van der Waals surface area contributed by atoms with Crippen molar-refractivity contribution in [2.24, 2.45) is 0 Å². The third kappa shape index (κ3) is 2.12. The molecule has 3 rings (SSSR count). The van der Waals surface area contributed by atoms with Crippen LogP contribution in [0.2, 0.25) is 0 Å². The molecular formula is C15H15N3O3. The number of nitrogens with two attached hydrogens (primary N) is 1. The van der Waals surface area contributed by atoms with Crippen molar-refractivity contribution >= 4 is 28.2 Å². The first kappa shape index (κ1) is 9.44. The molecule has 0 aliphatic heterocycles. The number of nitrogen functional groups attached to an aromatic ring is 1. The first-order chi connectivity index (χ1) is 11.6. The van der Waals surface area contributed by atoms with E-state index in [1.54, 1.807) is 0 Å². The number of ketones is 2. The smallest absolute Gasteiger partial charge is 0.264 e. The number of aryl methyl sites for hydroxylation is 1. The molecule has 0 saturated heterocycles.